The fourth-order valence-corrected chi connectivity index (χ4v) is 1.91. The molecule has 2 aromatic rings. The number of carbonyl (C=O) groups is 1. The van der Waals surface area contributed by atoms with Crippen molar-refractivity contribution in [3.63, 3.8) is 0 Å². The van der Waals surface area contributed by atoms with Crippen LogP contribution < -0.4 is 5.32 Å². The Morgan fingerprint density at radius 1 is 1.53 bits per heavy atom. The predicted molar refractivity (Wildman–Crippen MR) is 72.1 cm³/mol. The Labute approximate surface area is 115 Å². The van der Waals surface area contributed by atoms with E-state index in [0.29, 0.717) is 17.3 Å². The number of nitrogens with one attached hydrogen (secondary N) is 2. The van der Waals surface area contributed by atoms with E-state index in [9.17, 15) is 4.79 Å². The summed E-state index contributed by atoms with van der Waals surface area (Å²) >= 11 is 5.93. The Hall–Kier alpha value is -1.85. The lowest BCUT2D eigenvalue weighted by molar-refractivity contribution is 0.0824. The number of amides is 1. The smallest absolute Gasteiger partial charge is 0.269 e. The van der Waals surface area contributed by atoms with E-state index < -0.39 is 0 Å². The summed E-state index contributed by atoms with van der Waals surface area (Å²) in [5.41, 5.74) is 1.33. The highest BCUT2D eigenvalue weighted by atomic mass is 35.5. The van der Waals surface area contributed by atoms with Gasteiger partial charge < -0.3 is 10.1 Å². The monoisotopic (exact) mass is 279 g/mol. The number of benzene rings is 1. The molecule has 0 radical (unpaired) electrons. The minimum atomic E-state index is -0.245. The van der Waals surface area contributed by atoms with Gasteiger partial charge in [-0.05, 0) is 23.8 Å². The van der Waals surface area contributed by atoms with Crippen molar-refractivity contribution in [3.05, 3.63) is 52.8 Å². The Morgan fingerprint density at radius 2 is 2.37 bits per heavy atom. The molecule has 5 nitrogen and oxygen atoms in total. The normalized spacial score (nSPS) is 12.1. The van der Waals surface area contributed by atoms with E-state index in [-0.39, 0.29) is 12.0 Å². The van der Waals surface area contributed by atoms with Crippen LogP contribution in [0.4, 0.5) is 0 Å². The van der Waals surface area contributed by atoms with Crippen LogP contribution in [0.25, 0.3) is 0 Å². The van der Waals surface area contributed by atoms with Crippen LogP contribution in [-0.2, 0) is 4.74 Å². The second-order valence-electron chi connectivity index (χ2n) is 3.96. The van der Waals surface area contributed by atoms with E-state index in [1.807, 2.05) is 18.2 Å². The molecule has 1 aromatic heterocycles. The molecule has 0 bridgehead atoms. The van der Waals surface area contributed by atoms with Crippen LogP contribution in [0, 0.1) is 0 Å². The third-order valence-electron chi connectivity index (χ3n) is 2.70. The van der Waals surface area contributed by atoms with Gasteiger partial charge in [-0.15, -0.1) is 0 Å². The van der Waals surface area contributed by atoms with Crippen molar-refractivity contribution >= 4 is 17.5 Å². The molecule has 1 heterocycles. The molecule has 0 aliphatic heterocycles. The Kier molecular flexibility index (Phi) is 4.54. The molecule has 6 heteroatoms. The maximum absolute atomic E-state index is 11.8. The molecule has 0 fully saturated rings. The third-order valence-corrected chi connectivity index (χ3v) is 2.93. The van der Waals surface area contributed by atoms with Gasteiger partial charge in [-0.2, -0.15) is 5.10 Å². The summed E-state index contributed by atoms with van der Waals surface area (Å²) in [6.45, 7) is 0.356. The van der Waals surface area contributed by atoms with Crippen LogP contribution in [0.1, 0.15) is 22.2 Å². The van der Waals surface area contributed by atoms with Crippen molar-refractivity contribution in [1.82, 2.24) is 15.5 Å². The number of hydrogen-bond acceptors (Lipinski definition) is 3. The molecule has 100 valence electrons. The zero-order valence-corrected chi connectivity index (χ0v) is 11.1. The molecule has 2 rings (SSSR count). The van der Waals surface area contributed by atoms with E-state index in [4.69, 9.17) is 16.3 Å². The lowest BCUT2D eigenvalue weighted by atomic mass is 10.1. The van der Waals surface area contributed by atoms with Crippen molar-refractivity contribution < 1.29 is 9.53 Å². The van der Waals surface area contributed by atoms with Gasteiger partial charge >= 0.3 is 0 Å². The Bertz CT molecular complexity index is 543. The first-order valence-electron chi connectivity index (χ1n) is 5.76. The molecule has 1 amide bonds. The van der Waals surface area contributed by atoms with Gasteiger partial charge in [0.15, 0.2) is 0 Å². The van der Waals surface area contributed by atoms with Gasteiger partial charge in [0.05, 0.1) is 6.10 Å². The molecular formula is C13H14ClN3O2. The molecule has 1 aromatic carbocycles. The SMILES string of the molecule is CO[C@@H](CNC(=O)c1ccn[nH]1)c1cccc(Cl)c1. The lowest BCUT2D eigenvalue weighted by Gasteiger charge is -2.16. The van der Waals surface area contributed by atoms with Crippen LogP contribution in [0.15, 0.2) is 36.5 Å². The van der Waals surface area contributed by atoms with Crippen LogP contribution in [0.5, 0.6) is 0 Å². The van der Waals surface area contributed by atoms with Crippen LogP contribution in [0.3, 0.4) is 0 Å². The first-order chi connectivity index (χ1) is 9.20. The molecule has 0 saturated carbocycles. The van der Waals surface area contributed by atoms with Crippen molar-refractivity contribution in [2.45, 2.75) is 6.10 Å². The number of hydrogen-bond donors (Lipinski definition) is 2. The van der Waals surface area contributed by atoms with Crippen molar-refractivity contribution in [1.29, 1.82) is 0 Å². The number of methoxy groups -OCH3 is 1. The molecule has 1 atom stereocenters. The quantitative estimate of drug-likeness (QED) is 0.881. The highest BCUT2D eigenvalue weighted by molar-refractivity contribution is 6.30. The van der Waals surface area contributed by atoms with Crippen molar-refractivity contribution in [2.24, 2.45) is 0 Å². The first kappa shape index (κ1) is 13.6. The van der Waals surface area contributed by atoms with Gasteiger partial charge in [0.1, 0.15) is 5.69 Å². The lowest BCUT2D eigenvalue weighted by Crippen LogP contribution is -2.29. The molecule has 0 saturated heterocycles. The highest BCUT2D eigenvalue weighted by Gasteiger charge is 2.13. The van der Waals surface area contributed by atoms with Gasteiger partial charge in [-0.1, -0.05) is 23.7 Å². The second-order valence-corrected chi connectivity index (χ2v) is 4.40. The molecular weight excluding hydrogens is 266 g/mol. The van der Waals surface area contributed by atoms with Gasteiger partial charge in [-0.25, -0.2) is 0 Å². The number of nitrogens with zero attached hydrogens (tertiary/aromatic N) is 1. The van der Waals surface area contributed by atoms with Crippen molar-refractivity contribution in [2.75, 3.05) is 13.7 Å². The van der Waals surface area contributed by atoms with E-state index in [1.54, 1.807) is 19.2 Å². The predicted octanol–water partition coefficient (Wildman–Crippen LogP) is 2.18. The summed E-state index contributed by atoms with van der Waals surface area (Å²) in [4.78, 5) is 11.8. The molecule has 2 N–H and O–H groups in total. The zero-order chi connectivity index (χ0) is 13.7. The van der Waals surface area contributed by atoms with Gasteiger partial charge in [-0.3, -0.25) is 9.89 Å². The number of halogens is 1. The summed E-state index contributed by atoms with van der Waals surface area (Å²) in [6, 6.07) is 8.97. The number of ether oxygens (including phenoxy) is 1. The summed E-state index contributed by atoms with van der Waals surface area (Å²) in [6.07, 6.45) is 1.28. The van der Waals surface area contributed by atoms with Crippen LogP contribution in [0.2, 0.25) is 5.02 Å². The Balaban J connectivity index is 1.98. The summed E-state index contributed by atoms with van der Waals surface area (Å²) in [7, 11) is 1.59. The van der Waals surface area contributed by atoms with E-state index in [2.05, 4.69) is 15.5 Å². The Morgan fingerprint density at radius 3 is 3.00 bits per heavy atom. The minimum Gasteiger partial charge on any atom is -0.375 e. The van der Waals surface area contributed by atoms with Gasteiger partial charge in [0, 0.05) is 24.9 Å². The summed E-state index contributed by atoms with van der Waals surface area (Å²) in [5, 5.41) is 9.74. The molecule has 0 spiro atoms. The molecule has 0 aliphatic carbocycles. The van der Waals surface area contributed by atoms with Crippen LogP contribution in [-0.4, -0.2) is 29.8 Å². The maximum atomic E-state index is 11.8. The number of rotatable bonds is 5. The van der Waals surface area contributed by atoms with E-state index >= 15 is 0 Å². The number of aromatic nitrogens is 2. The molecule has 0 aliphatic rings. The zero-order valence-electron chi connectivity index (χ0n) is 10.4. The van der Waals surface area contributed by atoms with Crippen LogP contribution >= 0.6 is 11.6 Å². The van der Waals surface area contributed by atoms with Gasteiger partial charge in [0.25, 0.3) is 5.91 Å². The maximum Gasteiger partial charge on any atom is 0.269 e. The first-order valence-corrected chi connectivity index (χ1v) is 6.14. The fraction of sp³-hybridized carbons (Fsp3) is 0.231. The van der Waals surface area contributed by atoms with Gasteiger partial charge in [0.2, 0.25) is 0 Å². The summed E-state index contributed by atoms with van der Waals surface area (Å²) in [5.74, 6) is -0.221. The average Bonchev–Trinajstić information content (AvgIpc) is 2.93. The topological polar surface area (TPSA) is 67.0 Å². The standard InChI is InChI=1S/C13H14ClN3O2/c1-19-12(9-3-2-4-10(14)7-9)8-15-13(18)11-5-6-16-17-11/h2-7,12H,8H2,1H3,(H,15,18)(H,16,17)/t12-/m0/s1. The molecule has 0 unspecified atom stereocenters. The third kappa shape index (κ3) is 3.56. The number of carbonyl (C=O) groups excluding carboxylic acids is 1. The van der Waals surface area contributed by atoms with E-state index in [1.165, 1.54) is 6.20 Å². The highest BCUT2D eigenvalue weighted by Crippen LogP contribution is 2.19. The number of aromatic amines is 1. The molecule has 19 heavy (non-hydrogen) atoms. The largest absolute Gasteiger partial charge is 0.375 e. The minimum absolute atomic E-state index is 0.221. The fourth-order valence-electron chi connectivity index (χ4n) is 1.71. The summed E-state index contributed by atoms with van der Waals surface area (Å²) < 4.78 is 5.36. The van der Waals surface area contributed by atoms with E-state index in [0.717, 1.165) is 5.56 Å². The van der Waals surface area contributed by atoms with Crippen molar-refractivity contribution in [3.8, 4) is 0 Å². The number of H-pyrrole nitrogens is 1. The average molecular weight is 280 g/mol. The second kappa shape index (κ2) is 6.36.